The van der Waals surface area contributed by atoms with Crippen LogP contribution < -0.4 is 10.6 Å². The van der Waals surface area contributed by atoms with Crippen LogP contribution in [0.3, 0.4) is 0 Å². The van der Waals surface area contributed by atoms with E-state index in [1.165, 1.54) is 7.11 Å². The molecule has 0 saturated carbocycles. The summed E-state index contributed by atoms with van der Waals surface area (Å²) in [6.45, 7) is 3.83. The third-order valence-corrected chi connectivity index (χ3v) is 3.27. The summed E-state index contributed by atoms with van der Waals surface area (Å²) in [7, 11) is 1.38. The maximum absolute atomic E-state index is 11.9. The highest BCUT2D eigenvalue weighted by Gasteiger charge is 2.30. The van der Waals surface area contributed by atoms with Gasteiger partial charge in [0.25, 0.3) is 0 Å². The highest BCUT2D eigenvalue weighted by atomic mass is 32.1. The molecular weight excluding hydrogens is 260 g/mol. The minimum absolute atomic E-state index is 0.277. The summed E-state index contributed by atoms with van der Waals surface area (Å²) in [4.78, 5) is 11.9. The zero-order chi connectivity index (χ0) is 14.0. The molecule has 0 fully saturated rings. The Morgan fingerprint density at radius 2 is 2.11 bits per heavy atom. The number of ether oxygens (including phenoxy) is 1. The number of nitrogens with one attached hydrogen (secondary N) is 2. The molecule has 0 aromatic heterocycles. The van der Waals surface area contributed by atoms with Crippen molar-refractivity contribution in [1.29, 1.82) is 0 Å². The second-order valence-electron chi connectivity index (χ2n) is 4.48. The highest BCUT2D eigenvalue weighted by molar-refractivity contribution is 7.80. The van der Waals surface area contributed by atoms with Crippen LogP contribution in [0.5, 0.6) is 0 Å². The fourth-order valence-electron chi connectivity index (χ4n) is 2.17. The van der Waals surface area contributed by atoms with Crippen LogP contribution in [-0.2, 0) is 9.53 Å². The van der Waals surface area contributed by atoms with Gasteiger partial charge in [-0.05, 0) is 31.6 Å². The van der Waals surface area contributed by atoms with E-state index in [0.29, 0.717) is 10.7 Å². The summed E-state index contributed by atoms with van der Waals surface area (Å²) in [6, 6.07) is 7.69. The van der Waals surface area contributed by atoms with Gasteiger partial charge in [0.15, 0.2) is 5.11 Å². The number of hydrogen-bond donors (Lipinski definition) is 2. The Labute approximate surface area is 117 Å². The molecule has 1 aromatic carbocycles. The molecular formula is C14H16N2O2S. The van der Waals surface area contributed by atoms with Crippen LogP contribution in [0.4, 0.5) is 0 Å². The predicted molar refractivity (Wildman–Crippen MR) is 77.5 cm³/mol. The lowest BCUT2D eigenvalue weighted by Gasteiger charge is -2.29. The van der Waals surface area contributed by atoms with Crippen molar-refractivity contribution in [2.24, 2.45) is 0 Å². The fourth-order valence-corrected chi connectivity index (χ4v) is 2.45. The molecule has 0 unspecified atom stereocenters. The molecule has 19 heavy (non-hydrogen) atoms. The molecule has 0 bridgehead atoms. The van der Waals surface area contributed by atoms with Gasteiger partial charge in [0.2, 0.25) is 0 Å². The van der Waals surface area contributed by atoms with Crippen molar-refractivity contribution >= 4 is 23.3 Å². The molecule has 0 radical (unpaired) electrons. The lowest BCUT2D eigenvalue weighted by molar-refractivity contribution is -0.136. The van der Waals surface area contributed by atoms with E-state index in [1.807, 2.05) is 38.1 Å². The summed E-state index contributed by atoms with van der Waals surface area (Å²) in [5, 5.41) is 6.59. The summed E-state index contributed by atoms with van der Waals surface area (Å²) < 4.78 is 4.86. The Hall–Kier alpha value is -1.88. The van der Waals surface area contributed by atoms with Crippen LogP contribution >= 0.6 is 12.2 Å². The van der Waals surface area contributed by atoms with E-state index in [0.717, 1.165) is 16.8 Å². The Kier molecular flexibility index (Phi) is 3.85. The molecule has 2 rings (SSSR count). The summed E-state index contributed by atoms with van der Waals surface area (Å²) in [5.74, 6) is -0.355. The van der Waals surface area contributed by atoms with Crippen molar-refractivity contribution in [3.63, 3.8) is 0 Å². The number of hydrogen-bond acceptors (Lipinski definition) is 3. The Balaban J connectivity index is 2.49. The van der Waals surface area contributed by atoms with Gasteiger partial charge in [-0.25, -0.2) is 4.79 Å². The van der Waals surface area contributed by atoms with Gasteiger partial charge >= 0.3 is 5.97 Å². The van der Waals surface area contributed by atoms with Gasteiger partial charge in [-0.3, -0.25) is 0 Å². The molecule has 1 aliphatic heterocycles. The van der Waals surface area contributed by atoms with Gasteiger partial charge in [0.05, 0.1) is 18.7 Å². The normalized spacial score (nSPS) is 18.7. The van der Waals surface area contributed by atoms with Gasteiger partial charge in [0.1, 0.15) is 0 Å². The predicted octanol–water partition coefficient (Wildman–Crippen LogP) is 1.96. The largest absolute Gasteiger partial charge is 0.466 e. The zero-order valence-electron chi connectivity index (χ0n) is 11.1. The Bertz CT molecular complexity index is 566. The molecule has 1 aromatic rings. The first-order chi connectivity index (χ1) is 9.02. The van der Waals surface area contributed by atoms with Crippen molar-refractivity contribution in [2.45, 2.75) is 19.9 Å². The lowest BCUT2D eigenvalue weighted by atomic mass is 9.95. The number of rotatable bonds is 2. The summed E-state index contributed by atoms with van der Waals surface area (Å²) in [6.07, 6.45) is 0. The van der Waals surface area contributed by atoms with E-state index in [9.17, 15) is 4.79 Å². The number of aryl methyl sites for hydroxylation is 1. The molecule has 4 nitrogen and oxygen atoms in total. The third-order valence-electron chi connectivity index (χ3n) is 3.05. The fraction of sp³-hybridized carbons (Fsp3) is 0.286. The van der Waals surface area contributed by atoms with Crippen molar-refractivity contribution in [3.05, 3.63) is 46.7 Å². The van der Waals surface area contributed by atoms with Crippen LogP contribution in [0.1, 0.15) is 24.1 Å². The van der Waals surface area contributed by atoms with Crippen LogP contribution in [0.2, 0.25) is 0 Å². The minimum Gasteiger partial charge on any atom is -0.466 e. The Morgan fingerprint density at radius 3 is 2.74 bits per heavy atom. The maximum atomic E-state index is 11.9. The van der Waals surface area contributed by atoms with Crippen LogP contribution in [0.15, 0.2) is 35.5 Å². The molecule has 100 valence electrons. The SMILES string of the molecule is COC(=O)C1=C(C)NC(=S)N[C@H]1c1cccc(C)c1. The topological polar surface area (TPSA) is 50.4 Å². The maximum Gasteiger partial charge on any atom is 0.337 e. The van der Waals surface area contributed by atoms with Crippen LogP contribution in [-0.4, -0.2) is 18.2 Å². The number of thiocarbonyl (C=S) groups is 1. The quantitative estimate of drug-likeness (QED) is 0.639. The van der Waals surface area contributed by atoms with E-state index in [4.69, 9.17) is 17.0 Å². The molecule has 0 spiro atoms. The van der Waals surface area contributed by atoms with Crippen molar-refractivity contribution in [1.82, 2.24) is 10.6 Å². The van der Waals surface area contributed by atoms with E-state index < -0.39 is 0 Å². The molecule has 5 heteroatoms. The summed E-state index contributed by atoms with van der Waals surface area (Å²) in [5.41, 5.74) is 3.40. The molecule has 0 saturated heterocycles. The third kappa shape index (κ3) is 2.76. The summed E-state index contributed by atoms with van der Waals surface area (Å²) >= 11 is 5.16. The number of esters is 1. The standard InChI is InChI=1S/C14H16N2O2S/c1-8-5-4-6-10(7-8)12-11(13(17)18-3)9(2)15-14(19)16-12/h4-7,12H,1-3H3,(H2,15,16,19)/t12-/m0/s1. The molecule has 1 atom stereocenters. The van der Waals surface area contributed by atoms with E-state index in [-0.39, 0.29) is 12.0 Å². The Morgan fingerprint density at radius 1 is 1.37 bits per heavy atom. The van der Waals surface area contributed by atoms with E-state index >= 15 is 0 Å². The molecule has 0 amide bonds. The van der Waals surface area contributed by atoms with Gasteiger partial charge in [-0.2, -0.15) is 0 Å². The highest BCUT2D eigenvalue weighted by Crippen LogP contribution is 2.27. The first-order valence-electron chi connectivity index (χ1n) is 5.96. The average molecular weight is 276 g/mol. The van der Waals surface area contributed by atoms with Crippen LogP contribution in [0.25, 0.3) is 0 Å². The van der Waals surface area contributed by atoms with Gasteiger partial charge in [-0.1, -0.05) is 29.8 Å². The van der Waals surface area contributed by atoms with Crippen molar-refractivity contribution in [2.75, 3.05) is 7.11 Å². The van der Waals surface area contributed by atoms with E-state index in [2.05, 4.69) is 10.6 Å². The van der Waals surface area contributed by atoms with Gasteiger partial charge in [0, 0.05) is 5.70 Å². The molecule has 1 aliphatic rings. The number of carbonyl (C=O) groups is 1. The van der Waals surface area contributed by atoms with Crippen LogP contribution in [0, 0.1) is 6.92 Å². The minimum atomic E-state index is -0.355. The first-order valence-corrected chi connectivity index (χ1v) is 6.37. The second-order valence-corrected chi connectivity index (χ2v) is 4.88. The molecule has 1 heterocycles. The lowest BCUT2D eigenvalue weighted by Crippen LogP contribution is -2.45. The molecule has 0 aliphatic carbocycles. The number of carbonyl (C=O) groups excluding carboxylic acids is 1. The number of allylic oxidation sites excluding steroid dienone is 1. The molecule has 2 N–H and O–H groups in total. The number of benzene rings is 1. The smallest absolute Gasteiger partial charge is 0.337 e. The van der Waals surface area contributed by atoms with Gasteiger partial charge in [-0.15, -0.1) is 0 Å². The number of methoxy groups -OCH3 is 1. The first kappa shape index (κ1) is 13.5. The van der Waals surface area contributed by atoms with Gasteiger partial charge < -0.3 is 15.4 Å². The average Bonchev–Trinajstić information content (AvgIpc) is 2.37. The van der Waals surface area contributed by atoms with E-state index in [1.54, 1.807) is 0 Å². The monoisotopic (exact) mass is 276 g/mol. The zero-order valence-corrected chi connectivity index (χ0v) is 11.9. The second kappa shape index (κ2) is 5.40. The van der Waals surface area contributed by atoms with Crippen molar-refractivity contribution in [3.8, 4) is 0 Å². The van der Waals surface area contributed by atoms with Crippen molar-refractivity contribution < 1.29 is 9.53 Å².